The van der Waals surface area contributed by atoms with Crippen LogP contribution >= 0.6 is 0 Å². The van der Waals surface area contributed by atoms with Crippen molar-refractivity contribution in [2.45, 2.75) is 46.6 Å². The molecule has 1 unspecified atom stereocenters. The second kappa shape index (κ2) is 9.14. The van der Waals surface area contributed by atoms with Crippen molar-refractivity contribution in [3.63, 3.8) is 0 Å². The molecular formula is C21H28N2. The van der Waals surface area contributed by atoms with Gasteiger partial charge in [0.05, 0.1) is 18.2 Å². The summed E-state index contributed by atoms with van der Waals surface area (Å²) < 4.78 is 2.25. The highest BCUT2D eigenvalue weighted by molar-refractivity contribution is 5.67. The van der Waals surface area contributed by atoms with Crippen LogP contribution in [0.4, 0.5) is 0 Å². The lowest BCUT2D eigenvalue weighted by Gasteiger charge is -2.11. The fourth-order valence-electron chi connectivity index (χ4n) is 2.56. The Kier molecular flexibility index (Phi) is 6.86. The van der Waals surface area contributed by atoms with Gasteiger partial charge in [-0.25, -0.2) is 4.98 Å². The summed E-state index contributed by atoms with van der Waals surface area (Å²) in [4.78, 5) is 4.30. The predicted octanol–water partition coefficient (Wildman–Crippen LogP) is 5.83. The standard InChI is InChI=1S/C21H28N2/c1-18(2)8-7-9-19(3)14-15-23-17-22-16-21(23)13-12-20-10-5-4-6-11-20/h4-6,8,10-13,16-17,19H,7,9,14-15H2,1-3H3/b13-12+. The zero-order valence-electron chi connectivity index (χ0n) is 14.6. The molecule has 2 aromatic rings. The molecule has 0 spiro atoms. The Bertz CT molecular complexity index is 631. The maximum Gasteiger partial charge on any atom is 0.0950 e. The van der Waals surface area contributed by atoms with Gasteiger partial charge in [-0.1, -0.05) is 55.0 Å². The van der Waals surface area contributed by atoms with Crippen LogP contribution in [-0.4, -0.2) is 9.55 Å². The summed E-state index contributed by atoms with van der Waals surface area (Å²) in [6.45, 7) is 7.71. The fourth-order valence-corrected chi connectivity index (χ4v) is 2.56. The zero-order valence-corrected chi connectivity index (χ0v) is 14.6. The first-order chi connectivity index (χ1) is 11.1. The van der Waals surface area contributed by atoms with E-state index in [1.54, 1.807) is 0 Å². The van der Waals surface area contributed by atoms with Crippen LogP contribution in [0, 0.1) is 5.92 Å². The van der Waals surface area contributed by atoms with Gasteiger partial charge >= 0.3 is 0 Å². The van der Waals surface area contributed by atoms with Gasteiger partial charge < -0.3 is 4.57 Å². The van der Waals surface area contributed by atoms with Crippen LogP contribution in [0.25, 0.3) is 12.2 Å². The third kappa shape index (κ3) is 6.27. The molecule has 0 aliphatic carbocycles. The Balaban J connectivity index is 1.86. The minimum atomic E-state index is 0.735. The van der Waals surface area contributed by atoms with E-state index in [9.17, 15) is 0 Å². The smallest absolute Gasteiger partial charge is 0.0950 e. The number of hydrogen-bond donors (Lipinski definition) is 0. The van der Waals surface area contributed by atoms with Crippen molar-refractivity contribution in [2.24, 2.45) is 5.92 Å². The summed E-state index contributed by atoms with van der Waals surface area (Å²) >= 11 is 0. The van der Waals surface area contributed by atoms with E-state index in [4.69, 9.17) is 0 Å². The van der Waals surface area contributed by atoms with Crippen LogP contribution < -0.4 is 0 Å². The molecule has 23 heavy (non-hydrogen) atoms. The normalized spacial score (nSPS) is 12.5. The van der Waals surface area contributed by atoms with Crippen LogP contribution in [0.15, 0.2) is 54.5 Å². The summed E-state index contributed by atoms with van der Waals surface area (Å²) in [6.07, 6.45) is 14.1. The molecule has 0 saturated heterocycles. The second-order valence-corrected chi connectivity index (χ2v) is 6.51. The van der Waals surface area contributed by atoms with Gasteiger partial charge in [0.2, 0.25) is 0 Å². The summed E-state index contributed by atoms with van der Waals surface area (Å²) in [7, 11) is 0. The lowest BCUT2D eigenvalue weighted by atomic mass is 10.0. The van der Waals surface area contributed by atoms with E-state index in [-0.39, 0.29) is 0 Å². The molecule has 2 nitrogen and oxygen atoms in total. The molecule has 1 atom stereocenters. The number of hydrogen-bond acceptors (Lipinski definition) is 1. The first-order valence-corrected chi connectivity index (χ1v) is 8.52. The monoisotopic (exact) mass is 308 g/mol. The van der Waals surface area contributed by atoms with Crippen LogP contribution in [-0.2, 0) is 6.54 Å². The summed E-state index contributed by atoms with van der Waals surface area (Å²) in [5.74, 6) is 0.735. The molecule has 1 aromatic heterocycles. The Morgan fingerprint density at radius 2 is 1.91 bits per heavy atom. The fraction of sp³-hybridized carbons (Fsp3) is 0.381. The van der Waals surface area contributed by atoms with E-state index in [2.05, 4.69) is 72.8 Å². The van der Waals surface area contributed by atoms with Gasteiger partial charge in [0, 0.05) is 6.54 Å². The number of rotatable bonds is 8. The number of aryl methyl sites for hydroxylation is 1. The van der Waals surface area contributed by atoms with Crippen molar-refractivity contribution in [3.8, 4) is 0 Å². The molecule has 2 rings (SSSR count). The van der Waals surface area contributed by atoms with Crippen LogP contribution in [0.5, 0.6) is 0 Å². The average Bonchev–Trinajstić information content (AvgIpc) is 2.99. The lowest BCUT2D eigenvalue weighted by Crippen LogP contribution is -2.04. The predicted molar refractivity (Wildman–Crippen MR) is 100 cm³/mol. The maximum absolute atomic E-state index is 4.30. The third-order valence-electron chi connectivity index (χ3n) is 4.07. The zero-order chi connectivity index (χ0) is 16.5. The van der Waals surface area contributed by atoms with Gasteiger partial charge in [0.1, 0.15) is 0 Å². The Morgan fingerprint density at radius 1 is 1.13 bits per heavy atom. The van der Waals surface area contributed by atoms with Gasteiger partial charge in [0.15, 0.2) is 0 Å². The van der Waals surface area contributed by atoms with E-state index in [1.165, 1.54) is 36.1 Å². The topological polar surface area (TPSA) is 17.8 Å². The van der Waals surface area contributed by atoms with Gasteiger partial charge in [-0.15, -0.1) is 0 Å². The van der Waals surface area contributed by atoms with Crippen molar-refractivity contribution in [1.29, 1.82) is 0 Å². The molecule has 1 aromatic carbocycles. The number of allylic oxidation sites excluding steroid dienone is 2. The molecule has 0 fully saturated rings. The summed E-state index contributed by atoms with van der Waals surface area (Å²) in [5.41, 5.74) is 3.81. The molecule has 0 bridgehead atoms. The van der Waals surface area contributed by atoms with Gasteiger partial charge in [-0.3, -0.25) is 0 Å². The first kappa shape index (κ1) is 17.3. The van der Waals surface area contributed by atoms with E-state index < -0.39 is 0 Å². The Hall–Kier alpha value is -2.09. The van der Waals surface area contributed by atoms with Crippen molar-refractivity contribution < 1.29 is 0 Å². The van der Waals surface area contributed by atoms with E-state index in [0.717, 1.165) is 12.5 Å². The van der Waals surface area contributed by atoms with Gasteiger partial charge in [-0.05, 0) is 50.7 Å². The highest BCUT2D eigenvalue weighted by atomic mass is 15.0. The second-order valence-electron chi connectivity index (χ2n) is 6.51. The largest absolute Gasteiger partial charge is 0.331 e. The van der Waals surface area contributed by atoms with Crippen molar-refractivity contribution >= 4 is 12.2 Å². The average molecular weight is 308 g/mol. The minimum absolute atomic E-state index is 0.735. The summed E-state index contributed by atoms with van der Waals surface area (Å²) in [6, 6.07) is 10.4. The van der Waals surface area contributed by atoms with E-state index in [0.29, 0.717) is 0 Å². The number of benzene rings is 1. The summed E-state index contributed by atoms with van der Waals surface area (Å²) in [5, 5.41) is 0. The molecule has 0 radical (unpaired) electrons. The van der Waals surface area contributed by atoms with Gasteiger partial charge in [-0.2, -0.15) is 0 Å². The van der Waals surface area contributed by atoms with Gasteiger partial charge in [0.25, 0.3) is 0 Å². The molecule has 0 aliphatic heterocycles. The van der Waals surface area contributed by atoms with Crippen molar-refractivity contribution in [2.75, 3.05) is 0 Å². The quantitative estimate of drug-likeness (QED) is 0.561. The van der Waals surface area contributed by atoms with Crippen LogP contribution in [0.1, 0.15) is 51.3 Å². The number of nitrogens with zero attached hydrogens (tertiary/aromatic N) is 2. The van der Waals surface area contributed by atoms with E-state index in [1.807, 2.05) is 18.6 Å². The lowest BCUT2D eigenvalue weighted by molar-refractivity contribution is 0.453. The Labute approximate surface area is 140 Å². The molecule has 122 valence electrons. The molecule has 0 saturated carbocycles. The molecule has 2 heteroatoms. The molecular weight excluding hydrogens is 280 g/mol. The SMILES string of the molecule is CC(C)=CCCC(C)CCn1cncc1/C=C/c1ccccc1. The van der Waals surface area contributed by atoms with Crippen molar-refractivity contribution in [3.05, 3.63) is 65.8 Å². The molecule has 0 aliphatic rings. The molecule has 0 N–H and O–H groups in total. The minimum Gasteiger partial charge on any atom is -0.331 e. The molecule has 1 heterocycles. The van der Waals surface area contributed by atoms with Crippen LogP contribution in [0.3, 0.4) is 0 Å². The highest BCUT2D eigenvalue weighted by Crippen LogP contribution is 2.15. The Morgan fingerprint density at radius 3 is 2.65 bits per heavy atom. The van der Waals surface area contributed by atoms with Crippen molar-refractivity contribution in [1.82, 2.24) is 9.55 Å². The maximum atomic E-state index is 4.30. The van der Waals surface area contributed by atoms with E-state index >= 15 is 0 Å². The number of aromatic nitrogens is 2. The highest BCUT2D eigenvalue weighted by Gasteiger charge is 2.04. The first-order valence-electron chi connectivity index (χ1n) is 8.52. The third-order valence-corrected chi connectivity index (χ3v) is 4.07. The number of imidazole rings is 1. The van der Waals surface area contributed by atoms with Crippen LogP contribution in [0.2, 0.25) is 0 Å². The molecule has 0 amide bonds.